The second-order valence-corrected chi connectivity index (χ2v) is 3.86. The first-order chi connectivity index (χ1) is 8.27. The first-order valence-electron chi connectivity index (χ1n) is 6.09. The smallest absolute Gasteiger partial charge is 0.164 e. The summed E-state index contributed by atoms with van der Waals surface area (Å²) in [5.41, 5.74) is 6.03. The van der Waals surface area contributed by atoms with Gasteiger partial charge in [0.1, 0.15) is 5.75 Å². The third-order valence-corrected chi connectivity index (χ3v) is 2.45. The highest BCUT2D eigenvalue weighted by molar-refractivity contribution is 5.96. The highest BCUT2D eigenvalue weighted by Crippen LogP contribution is 2.14. The lowest BCUT2D eigenvalue weighted by molar-refractivity contribution is 0.0978. The molecular formula is C13H20N2O2. The summed E-state index contributed by atoms with van der Waals surface area (Å²) in [6.45, 7) is 3.17. The SMILES string of the molecule is CCOc1cncc(C(=O)CCCCCN)c1. The van der Waals surface area contributed by atoms with Crippen molar-refractivity contribution >= 4 is 5.78 Å². The van der Waals surface area contributed by atoms with Crippen molar-refractivity contribution in [3.63, 3.8) is 0 Å². The number of carbonyl (C=O) groups is 1. The van der Waals surface area contributed by atoms with Crippen molar-refractivity contribution in [1.29, 1.82) is 0 Å². The van der Waals surface area contributed by atoms with Gasteiger partial charge in [0.15, 0.2) is 5.78 Å². The lowest BCUT2D eigenvalue weighted by Gasteiger charge is -2.04. The number of rotatable bonds is 8. The van der Waals surface area contributed by atoms with Crippen LogP contribution in [-0.4, -0.2) is 23.9 Å². The highest BCUT2D eigenvalue weighted by atomic mass is 16.5. The lowest BCUT2D eigenvalue weighted by atomic mass is 10.1. The number of ketones is 1. The number of pyridine rings is 1. The molecule has 0 amide bonds. The molecule has 0 radical (unpaired) electrons. The molecule has 0 spiro atoms. The maximum absolute atomic E-state index is 11.8. The van der Waals surface area contributed by atoms with Crippen molar-refractivity contribution in [2.75, 3.05) is 13.2 Å². The zero-order valence-electron chi connectivity index (χ0n) is 10.3. The normalized spacial score (nSPS) is 10.2. The van der Waals surface area contributed by atoms with E-state index in [2.05, 4.69) is 4.98 Å². The molecule has 0 atom stereocenters. The maximum atomic E-state index is 11.8. The van der Waals surface area contributed by atoms with E-state index in [0.717, 1.165) is 19.3 Å². The quantitative estimate of drug-likeness (QED) is 0.555. The lowest BCUT2D eigenvalue weighted by Crippen LogP contribution is -2.02. The van der Waals surface area contributed by atoms with E-state index in [1.807, 2.05) is 6.92 Å². The maximum Gasteiger partial charge on any atom is 0.164 e. The molecule has 2 N–H and O–H groups in total. The van der Waals surface area contributed by atoms with Crippen molar-refractivity contribution < 1.29 is 9.53 Å². The fourth-order valence-corrected chi connectivity index (χ4v) is 1.57. The third-order valence-electron chi connectivity index (χ3n) is 2.45. The molecule has 0 fully saturated rings. The van der Waals surface area contributed by atoms with Crippen LogP contribution >= 0.6 is 0 Å². The van der Waals surface area contributed by atoms with Gasteiger partial charge in [-0.1, -0.05) is 6.42 Å². The largest absolute Gasteiger partial charge is 0.492 e. The second-order valence-electron chi connectivity index (χ2n) is 3.86. The monoisotopic (exact) mass is 236 g/mol. The van der Waals surface area contributed by atoms with Gasteiger partial charge in [0.05, 0.1) is 12.8 Å². The van der Waals surface area contributed by atoms with Gasteiger partial charge in [-0.3, -0.25) is 9.78 Å². The fourth-order valence-electron chi connectivity index (χ4n) is 1.57. The minimum atomic E-state index is 0.121. The molecule has 0 aliphatic rings. The standard InChI is InChI=1S/C13H20N2O2/c1-2-17-12-8-11(9-15-10-12)13(16)6-4-3-5-7-14/h8-10H,2-7,14H2,1H3. The Balaban J connectivity index is 2.47. The molecule has 17 heavy (non-hydrogen) atoms. The summed E-state index contributed by atoms with van der Waals surface area (Å²) in [6, 6.07) is 1.75. The summed E-state index contributed by atoms with van der Waals surface area (Å²) in [4.78, 5) is 15.8. The average Bonchev–Trinajstić information content (AvgIpc) is 2.35. The van der Waals surface area contributed by atoms with Gasteiger partial charge in [0.25, 0.3) is 0 Å². The summed E-state index contributed by atoms with van der Waals surface area (Å²) < 4.78 is 5.31. The summed E-state index contributed by atoms with van der Waals surface area (Å²) in [6.07, 6.45) is 6.62. The van der Waals surface area contributed by atoms with Crippen LogP contribution in [0.15, 0.2) is 18.5 Å². The van der Waals surface area contributed by atoms with Gasteiger partial charge in [0, 0.05) is 18.2 Å². The van der Waals surface area contributed by atoms with Crippen LogP contribution in [0.3, 0.4) is 0 Å². The molecule has 0 unspecified atom stereocenters. The fraction of sp³-hybridized carbons (Fsp3) is 0.538. The van der Waals surface area contributed by atoms with E-state index in [0.29, 0.717) is 30.9 Å². The molecule has 1 aromatic heterocycles. The van der Waals surface area contributed by atoms with E-state index in [1.165, 1.54) is 0 Å². The van der Waals surface area contributed by atoms with Gasteiger partial charge in [0.2, 0.25) is 0 Å². The molecular weight excluding hydrogens is 216 g/mol. The molecule has 1 heterocycles. The molecule has 0 aromatic carbocycles. The predicted octanol–water partition coefficient (Wildman–Crippen LogP) is 2.18. The second kappa shape index (κ2) is 7.79. The minimum Gasteiger partial charge on any atom is -0.492 e. The molecule has 0 aliphatic heterocycles. The van der Waals surface area contributed by atoms with Crippen LogP contribution in [0.4, 0.5) is 0 Å². The van der Waals surface area contributed by atoms with Crippen LogP contribution < -0.4 is 10.5 Å². The number of carbonyl (C=O) groups excluding carboxylic acids is 1. The highest BCUT2D eigenvalue weighted by Gasteiger charge is 2.07. The molecule has 1 aromatic rings. The van der Waals surface area contributed by atoms with Crippen molar-refractivity contribution in [2.45, 2.75) is 32.6 Å². The van der Waals surface area contributed by atoms with Crippen molar-refractivity contribution in [3.8, 4) is 5.75 Å². The first-order valence-corrected chi connectivity index (χ1v) is 6.09. The van der Waals surface area contributed by atoms with E-state index in [9.17, 15) is 4.79 Å². The van der Waals surface area contributed by atoms with Gasteiger partial charge in [-0.05, 0) is 32.4 Å². The topological polar surface area (TPSA) is 65.2 Å². The number of nitrogens with zero attached hydrogens (tertiary/aromatic N) is 1. The predicted molar refractivity (Wildman–Crippen MR) is 67.3 cm³/mol. The number of hydrogen-bond donors (Lipinski definition) is 1. The number of Topliss-reactive ketones (excluding diaryl/α,β-unsaturated/α-hetero) is 1. The first kappa shape index (κ1) is 13.6. The number of unbranched alkanes of at least 4 members (excludes halogenated alkanes) is 2. The third kappa shape index (κ3) is 4.95. The Bertz CT molecular complexity index is 353. The Labute approximate surface area is 102 Å². The molecule has 4 heteroatoms. The van der Waals surface area contributed by atoms with E-state index >= 15 is 0 Å². The number of aromatic nitrogens is 1. The molecule has 94 valence electrons. The molecule has 4 nitrogen and oxygen atoms in total. The molecule has 1 rings (SSSR count). The molecule has 0 bridgehead atoms. The van der Waals surface area contributed by atoms with Crippen LogP contribution in [0.5, 0.6) is 5.75 Å². The molecule has 0 saturated carbocycles. The molecule has 0 saturated heterocycles. The van der Waals surface area contributed by atoms with Crippen molar-refractivity contribution in [3.05, 3.63) is 24.0 Å². The summed E-state index contributed by atoms with van der Waals surface area (Å²) in [5.74, 6) is 0.774. The van der Waals surface area contributed by atoms with Crippen molar-refractivity contribution in [1.82, 2.24) is 4.98 Å². The summed E-state index contributed by atoms with van der Waals surface area (Å²) in [7, 11) is 0. The van der Waals surface area contributed by atoms with E-state index in [1.54, 1.807) is 18.5 Å². The van der Waals surface area contributed by atoms with Crippen LogP contribution in [-0.2, 0) is 0 Å². The molecule has 0 aliphatic carbocycles. The van der Waals surface area contributed by atoms with Gasteiger partial charge < -0.3 is 10.5 Å². The Kier molecular flexibility index (Phi) is 6.25. The average molecular weight is 236 g/mol. The zero-order chi connectivity index (χ0) is 12.5. The van der Waals surface area contributed by atoms with E-state index < -0.39 is 0 Å². The van der Waals surface area contributed by atoms with E-state index in [4.69, 9.17) is 10.5 Å². The minimum absolute atomic E-state index is 0.121. The van der Waals surface area contributed by atoms with Gasteiger partial charge in [-0.15, -0.1) is 0 Å². The van der Waals surface area contributed by atoms with Crippen LogP contribution in [0, 0.1) is 0 Å². The summed E-state index contributed by atoms with van der Waals surface area (Å²) in [5, 5.41) is 0. The number of nitrogens with two attached hydrogens (primary N) is 1. The van der Waals surface area contributed by atoms with Gasteiger partial charge in [-0.25, -0.2) is 0 Å². The van der Waals surface area contributed by atoms with Crippen LogP contribution in [0.1, 0.15) is 43.0 Å². The zero-order valence-corrected chi connectivity index (χ0v) is 10.3. The summed E-state index contributed by atoms with van der Waals surface area (Å²) >= 11 is 0. The Morgan fingerprint density at radius 2 is 2.18 bits per heavy atom. The van der Waals surface area contributed by atoms with Crippen LogP contribution in [0.25, 0.3) is 0 Å². The van der Waals surface area contributed by atoms with Crippen molar-refractivity contribution in [2.24, 2.45) is 5.73 Å². The number of hydrogen-bond acceptors (Lipinski definition) is 4. The van der Waals surface area contributed by atoms with Crippen LogP contribution in [0.2, 0.25) is 0 Å². The Hall–Kier alpha value is -1.42. The van der Waals surface area contributed by atoms with Gasteiger partial charge in [-0.2, -0.15) is 0 Å². The van der Waals surface area contributed by atoms with E-state index in [-0.39, 0.29) is 5.78 Å². The van der Waals surface area contributed by atoms with Gasteiger partial charge >= 0.3 is 0 Å². The Morgan fingerprint density at radius 1 is 1.35 bits per heavy atom. The number of ether oxygens (including phenoxy) is 1. The Morgan fingerprint density at radius 3 is 2.88 bits per heavy atom.